The Hall–Kier alpha value is -2.84. The van der Waals surface area contributed by atoms with Crippen molar-refractivity contribution in [3.8, 4) is 28.7 Å². The van der Waals surface area contributed by atoms with Crippen LogP contribution in [0.1, 0.15) is 42.5 Å². The van der Waals surface area contributed by atoms with Crippen LogP contribution in [0.4, 0.5) is 0 Å². The Labute approximate surface area is 213 Å². The van der Waals surface area contributed by atoms with Crippen molar-refractivity contribution in [2.45, 2.75) is 32.6 Å². The van der Waals surface area contributed by atoms with Gasteiger partial charge in [0.25, 0.3) is 0 Å². The van der Waals surface area contributed by atoms with Gasteiger partial charge in [0.15, 0.2) is 0 Å². The summed E-state index contributed by atoms with van der Waals surface area (Å²) < 4.78 is 6.07. The number of nitrogens with zero attached hydrogens (tertiary/aromatic N) is 2. The Morgan fingerprint density at radius 1 is 1.00 bits per heavy atom. The van der Waals surface area contributed by atoms with Crippen LogP contribution in [0.5, 0.6) is 5.75 Å². The van der Waals surface area contributed by atoms with Crippen molar-refractivity contribution in [3.05, 3.63) is 82.6 Å². The van der Waals surface area contributed by atoms with Gasteiger partial charge in [-0.3, -0.25) is 4.90 Å². The topological polar surface area (TPSA) is 45.6 Å². The lowest BCUT2D eigenvalue weighted by atomic mass is 10.1. The average molecular weight is 489 g/mol. The van der Waals surface area contributed by atoms with Crippen LogP contribution in [0.25, 0.3) is 11.1 Å². The first-order valence-electron chi connectivity index (χ1n) is 12.4. The van der Waals surface area contributed by atoms with E-state index >= 15 is 0 Å². The molecule has 1 aromatic heterocycles. The zero-order valence-electron chi connectivity index (χ0n) is 20.3. The fourth-order valence-corrected chi connectivity index (χ4v) is 4.71. The van der Waals surface area contributed by atoms with Gasteiger partial charge in [0.05, 0.1) is 6.61 Å². The molecule has 0 unspecified atom stereocenters. The number of pyridine rings is 1. The number of hydrogen-bond donors (Lipinski definition) is 1. The Kier molecular flexibility index (Phi) is 9.20. The summed E-state index contributed by atoms with van der Waals surface area (Å²) in [6, 6.07) is 17.7. The molecule has 35 heavy (non-hydrogen) atoms. The van der Waals surface area contributed by atoms with Gasteiger partial charge in [-0.1, -0.05) is 48.6 Å². The number of aliphatic hydroxyl groups is 1. The largest absolute Gasteiger partial charge is 0.492 e. The van der Waals surface area contributed by atoms with Crippen molar-refractivity contribution in [2.24, 2.45) is 5.92 Å². The molecule has 4 nitrogen and oxygen atoms in total. The van der Waals surface area contributed by atoms with E-state index in [0.717, 1.165) is 57.7 Å². The van der Waals surface area contributed by atoms with Crippen molar-refractivity contribution in [1.29, 1.82) is 0 Å². The van der Waals surface area contributed by atoms with E-state index in [1.54, 1.807) is 0 Å². The first kappa shape index (κ1) is 25.3. The van der Waals surface area contributed by atoms with E-state index < -0.39 is 0 Å². The Bertz CT molecular complexity index is 1140. The van der Waals surface area contributed by atoms with Gasteiger partial charge in [-0.15, -0.1) is 0 Å². The second-order valence-corrected chi connectivity index (χ2v) is 9.63. The first-order valence-corrected chi connectivity index (χ1v) is 12.8. The van der Waals surface area contributed by atoms with Gasteiger partial charge in [-0.05, 0) is 79.1 Å². The summed E-state index contributed by atoms with van der Waals surface area (Å²) in [5.41, 5.74) is 4.83. The fourth-order valence-electron chi connectivity index (χ4n) is 4.58. The van der Waals surface area contributed by atoms with E-state index in [9.17, 15) is 5.11 Å². The van der Waals surface area contributed by atoms with E-state index in [2.05, 4.69) is 27.8 Å². The van der Waals surface area contributed by atoms with E-state index in [1.807, 2.05) is 61.7 Å². The monoisotopic (exact) mass is 488 g/mol. The molecule has 1 heterocycles. The van der Waals surface area contributed by atoms with Crippen LogP contribution in [0.3, 0.4) is 0 Å². The normalized spacial score (nSPS) is 13.6. The minimum atomic E-state index is 0.192. The van der Waals surface area contributed by atoms with Crippen LogP contribution in [0.2, 0.25) is 5.02 Å². The molecule has 3 aromatic rings. The van der Waals surface area contributed by atoms with Gasteiger partial charge in [0, 0.05) is 42.0 Å². The number of aryl methyl sites for hydroxylation is 1. The average Bonchev–Trinajstić information content (AvgIpc) is 3.38. The van der Waals surface area contributed by atoms with Gasteiger partial charge >= 0.3 is 0 Å². The molecule has 4 rings (SSSR count). The molecule has 0 aliphatic heterocycles. The molecule has 1 fully saturated rings. The van der Waals surface area contributed by atoms with Gasteiger partial charge in [-0.25, -0.2) is 4.98 Å². The smallest absolute Gasteiger partial charge is 0.122 e. The second-order valence-electron chi connectivity index (χ2n) is 9.19. The lowest BCUT2D eigenvalue weighted by molar-refractivity contribution is 0.151. The predicted molar refractivity (Wildman–Crippen MR) is 143 cm³/mol. The third kappa shape index (κ3) is 7.57. The van der Waals surface area contributed by atoms with Gasteiger partial charge in [0.1, 0.15) is 18.1 Å². The van der Waals surface area contributed by atoms with E-state index in [4.69, 9.17) is 16.3 Å². The number of halogens is 1. The standard InChI is InChI=1S/C30H33ClN2O2/c1-23-20-24(6-13-29-14-10-27(21-32-29)26-8-11-28(31)12-9-26)7-15-30(23)35-19-17-33(16-18-34)22-25-4-2-3-5-25/h7-12,14-15,20-21,25,34H,2-5,16-19,22H2,1H3. The van der Waals surface area contributed by atoms with Crippen molar-refractivity contribution >= 4 is 11.6 Å². The summed E-state index contributed by atoms with van der Waals surface area (Å²) >= 11 is 5.97. The third-order valence-corrected chi connectivity index (χ3v) is 6.78. The number of benzene rings is 2. The van der Waals surface area contributed by atoms with Crippen LogP contribution in [-0.4, -0.2) is 47.8 Å². The van der Waals surface area contributed by atoms with E-state index in [1.165, 1.54) is 25.7 Å². The lowest BCUT2D eigenvalue weighted by Crippen LogP contribution is -2.34. The molecule has 0 atom stereocenters. The Balaban J connectivity index is 1.31. The molecule has 0 radical (unpaired) electrons. The van der Waals surface area contributed by atoms with E-state index in [0.29, 0.717) is 13.2 Å². The van der Waals surface area contributed by atoms with Crippen LogP contribution in [-0.2, 0) is 0 Å². The molecule has 1 N–H and O–H groups in total. The SMILES string of the molecule is Cc1cc(C#Cc2ccc(-c3ccc(Cl)cc3)cn2)ccc1OCCN(CCO)CC1CCCC1. The zero-order chi connectivity index (χ0) is 24.5. The molecule has 1 aliphatic carbocycles. The highest BCUT2D eigenvalue weighted by molar-refractivity contribution is 6.30. The maximum Gasteiger partial charge on any atom is 0.122 e. The summed E-state index contributed by atoms with van der Waals surface area (Å²) in [4.78, 5) is 6.82. The van der Waals surface area contributed by atoms with Crippen molar-refractivity contribution in [3.63, 3.8) is 0 Å². The molecule has 1 saturated carbocycles. The molecule has 2 aromatic carbocycles. The molecular formula is C30H33ClN2O2. The second kappa shape index (κ2) is 12.7. The fraction of sp³-hybridized carbons (Fsp3) is 0.367. The third-order valence-electron chi connectivity index (χ3n) is 6.52. The number of rotatable bonds is 9. The highest BCUT2D eigenvalue weighted by Gasteiger charge is 2.18. The molecule has 5 heteroatoms. The van der Waals surface area contributed by atoms with Gasteiger partial charge in [-0.2, -0.15) is 0 Å². The molecule has 1 aliphatic rings. The molecule has 0 bridgehead atoms. The molecule has 0 amide bonds. The zero-order valence-corrected chi connectivity index (χ0v) is 21.1. The number of aliphatic hydroxyl groups excluding tert-OH is 1. The van der Waals surface area contributed by atoms with Crippen molar-refractivity contribution < 1.29 is 9.84 Å². The minimum absolute atomic E-state index is 0.192. The Morgan fingerprint density at radius 3 is 2.46 bits per heavy atom. The summed E-state index contributed by atoms with van der Waals surface area (Å²) in [6.45, 7) is 5.45. The predicted octanol–water partition coefficient (Wildman–Crippen LogP) is 5.97. The molecular weight excluding hydrogens is 456 g/mol. The molecule has 182 valence electrons. The maximum atomic E-state index is 9.41. The van der Waals surface area contributed by atoms with Crippen LogP contribution < -0.4 is 4.74 Å². The van der Waals surface area contributed by atoms with Gasteiger partial charge < -0.3 is 9.84 Å². The van der Waals surface area contributed by atoms with Crippen LogP contribution in [0.15, 0.2) is 60.8 Å². The summed E-state index contributed by atoms with van der Waals surface area (Å²) in [5.74, 6) is 8.00. The van der Waals surface area contributed by atoms with Crippen molar-refractivity contribution in [1.82, 2.24) is 9.88 Å². The Morgan fingerprint density at radius 2 is 1.77 bits per heavy atom. The quantitative estimate of drug-likeness (QED) is 0.377. The minimum Gasteiger partial charge on any atom is -0.492 e. The highest BCUT2D eigenvalue weighted by Crippen LogP contribution is 2.25. The molecule has 0 spiro atoms. The summed E-state index contributed by atoms with van der Waals surface area (Å²) in [6.07, 6.45) is 7.14. The highest BCUT2D eigenvalue weighted by atomic mass is 35.5. The number of hydrogen-bond acceptors (Lipinski definition) is 4. The van der Waals surface area contributed by atoms with E-state index in [-0.39, 0.29) is 6.61 Å². The maximum absolute atomic E-state index is 9.41. The number of ether oxygens (including phenoxy) is 1. The van der Waals surface area contributed by atoms with Crippen LogP contribution in [0, 0.1) is 24.7 Å². The van der Waals surface area contributed by atoms with Crippen LogP contribution >= 0.6 is 11.6 Å². The summed E-state index contributed by atoms with van der Waals surface area (Å²) in [5, 5.41) is 10.1. The van der Waals surface area contributed by atoms with Crippen molar-refractivity contribution in [2.75, 3.05) is 32.8 Å². The molecule has 0 saturated heterocycles. The lowest BCUT2D eigenvalue weighted by Gasteiger charge is -2.24. The van der Waals surface area contributed by atoms with Gasteiger partial charge in [0.2, 0.25) is 0 Å². The number of aromatic nitrogens is 1. The summed E-state index contributed by atoms with van der Waals surface area (Å²) in [7, 11) is 0. The first-order chi connectivity index (χ1) is 17.1.